The van der Waals surface area contributed by atoms with Crippen LogP contribution in [-0.4, -0.2) is 11.5 Å². The van der Waals surface area contributed by atoms with Gasteiger partial charge in [-0.15, -0.1) is 0 Å². The van der Waals surface area contributed by atoms with E-state index in [0.29, 0.717) is 0 Å². The minimum atomic E-state index is 0.0419. The van der Waals surface area contributed by atoms with Crippen LogP contribution < -0.4 is 9.96 Å². The van der Waals surface area contributed by atoms with Crippen LogP contribution in [0, 0.1) is 5.92 Å². The molecular weight excluding hydrogens is 402 g/mol. The highest BCUT2D eigenvalue weighted by molar-refractivity contribution is 9.10. The van der Waals surface area contributed by atoms with Gasteiger partial charge in [-0.2, -0.15) is 0 Å². The monoisotopic (exact) mass is 419 g/mol. The smallest absolute Gasteiger partial charge is 0.156 e. The van der Waals surface area contributed by atoms with E-state index in [0.717, 1.165) is 33.8 Å². The predicted octanol–water partition coefficient (Wildman–Crippen LogP) is 5.31. The van der Waals surface area contributed by atoms with E-state index in [1.165, 1.54) is 0 Å². The Kier molecular flexibility index (Phi) is 4.09. The summed E-state index contributed by atoms with van der Waals surface area (Å²) in [6.07, 6.45) is 3.97. The number of halogens is 1. The van der Waals surface area contributed by atoms with E-state index >= 15 is 0 Å². The van der Waals surface area contributed by atoms with Gasteiger partial charge in [0, 0.05) is 29.1 Å². The molecule has 0 spiro atoms. The molecule has 1 aromatic heterocycles. The first-order valence-electron chi connectivity index (χ1n) is 8.97. The molecule has 0 radical (unpaired) electrons. The molecule has 5 rings (SSSR count). The number of aromatic nitrogens is 1. The van der Waals surface area contributed by atoms with Gasteiger partial charge in [0.2, 0.25) is 0 Å². The molecule has 2 atom stereocenters. The van der Waals surface area contributed by atoms with Crippen molar-refractivity contribution in [2.75, 3.05) is 16.5 Å². The number of anilines is 2. The zero-order chi connectivity index (χ0) is 18.2. The van der Waals surface area contributed by atoms with Crippen LogP contribution in [0.2, 0.25) is 0 Å². The van der Waals surface area contributed by atoms with Gasteiger partial charge in [-0.1, -0.05) is 40.2 Å². The third-order valence-corrected chi connectivity index (χ3v) is 5.57. The zero-order valence-electron chi connectivity index (χ0n) is 14.6. The van der Waals surface area contributed by atoms with Gasteiger partial charge in [-0.05, 0) is 48.5 Å². The van der Waals surface area contributed by atoms with Crippen LogP contribution in [0.3, 0.4) is 0 Å². The van der Waals surface area contributed by atoms with Crippen LogP contribution in [0.15, 0.2) is 95.4 Å². The standard InChI is InChI=1S/C22H18BrN3O/c23-16-9-11-17(12-10-16)25-14-19-21(15-25)27-26(18-6-2-1-3-7-18)22(19)20-8-4-5-13-24-20/h1-13,15,19,22H,14H2. The summed E-state index contributed by atoms with van der Waals surface area (Å²) in [4.78, 5) is 13.2. The van der Waals surface area contributed by atoms with Crippen molar-refractivity contribution in [3.8, 4) is 0 Å². The summed E-state index contributed by atoms with van der Waals surface area (Å²) in [5.74, 6) is 1.21. The van der Waals surface area contributed by atoms with Crippen LogP contribution in [-0.2, 0) is 4.84 Å². The van der Waals surface area contributed by atoms with Crippen LogP contribution in [0.1, 0.15) is 11.7 Å². The summed E-state index contributed by atoms with van der Waals surface area (Å²) in [5.41, 5.74) is 3.22. The quantitative estimate of drug-likeness (QED) is 0.574. The number of rotatable bonds is 3. The first-order chi connectivity index (χ1) is 13.3. The van der Waals surface area contributed by atoms with Gasteiger partial charge >= 0.3 is 0 Å². The maximum Gasteiger partial charge on any atom is 0.156 e. The lowest BCUT2D eigenvalue weighted by atomic mass is 9.96. The molecule has 0 amide bonds. The molecule has 2 unspecified atom stereocenters. The largest absolute Gasteiger partial charge is 0.381 e. The number of para-hydroxylation sites is 1. The number of nitrogens with zero attached hydrogens (tertiary/aromatic N) is 3. The van der Waals surface area contributed by atoms with Gasteiger partial charge in [0.25, 0.3) is 0 Å². The Morgan fingerprint density at radius 1 is 0.889 bits per heavy atom. The molecule has 3 aromatic rings. The van der Waals surface area contributed by atoms with Crippen molar-refractivity contribution in [1.29, 1.82) is 0 Å². The summed E-state index contributed by atoms with van der Waals surface area (Å²) >= 11 is 3.50. The number of hydrogen-bond donors (Lipinski definition) is 0. The lowest BCUT2D eigenvalue weighted by Gasteiger charge is -2.27. The number of hydroxylamine groups is 1. The molecule has 4 nitrogen and oxygen atoms in total. The van der Waals surface area contributed by atoms with E-state index in [1.807, 2.05) is 41.6 Å². The third-order valence-electron chi connectivity index (χ3n) is 5.04. The van der Waals surface area contributed by atoms with Crippen LogP contribution in [0.25, 0.3) is 0 Å². The first kappa shape index (κ1) is 16.4. The molecule has 0 saturated carbocycles. The molecule has 27 heavy (non-hydrogen) atoms. The maximum absolute atomic E-state index is 6.32. The Hall–Kier alpha value is -2.79. The summed E-state index contributed by atoms with van der Waals surface area (Å²) in [5, 5.41) is 2.00. The number of pyridine rings is 1. The van der Waals surface area contributed by atoms with Crippen molar-refractivity contribution in [2.45, 2.75) is 6.04 Å². The fourth-order valence-electron chi connectivity index (χ4n) is 3.76. The molecule has 0 N–H and O–H groups in total. The van der Waals surface area contributed by atoms with Gasteiger partial charge in [0.1, 0.15) is 6.04 Å². The van der Waals surface area contributed by atoms with E-state index in [9.17, 15) is 0 Å². The Labute approximate surface area is 166 Å². The average molecular weight is 420 g/mol. The third kappa shape index (κ3) is 2.98. The highest BCUT2D eigenvalue weighted by atomic mass is 79.9. The number of fused-ring (bicyclic) bond motifs is 1. The van der Waals surface area contributed by atoms with Gasteiger partial charge < -0.3 is 9.74 Å². The molecule has 1 fully saturated rings. The van der Waals surface area contributed by atoms with Crippen molar-refractivity contribution in [3.63, 3.8) is 0 Å². The average Bonchev–Trinajstić information content (AvgIpc) is 3.28. The maximum atomic E-state index is 6.32. The summed E-state index contributed by atoms with van der Waals surface area (Å²) in [6.45, 7) is 0.863. The highest BCUT2D eigenvalue weighted by Gasteiger charge is 2.46. The lowest BCUT2D eigenvalue weighted by Crippen LogP contribution is -2.29. The van der Waals surface area contributed by atoms with Crippen molar-refractivity contribution in [1.82, 2.24) is 4.98 Å². The summed E-state index contributed by atoms with van der Waals surface area (Å²) in [7, 11) is 0. The topological polar surface area (TPSA) is 28.6 Å². The number of benzene rings is 2. The molecule has 1 saturated heterocycles. The second kappa shape index (κ2) is 6.74. The van der Waals surface area contributed by atoms with Crippen molar-refractivity contribution >= 4 is 27.3 Å². The van der Waals surface area contributed by atoms with Gasteiger partial charge in [0.05, 0.1) is 17.3 Å². The SMILES string of the molecule is Brc1ccc(N2C=C3ON(c4ccccc4)C(c4ccccn4)C3C2)cc1. The van der Waals surface area contributed by atoms with Crippen LogP contribution in [0.5, 0.6) is 0 Å². The van der Waals surface area contributed by atoms with Gasteiger partial charge in [0.15, 0.2) is 5.76 Å². The van der Waals surface area contributed by atoms with Crippen LogP contribution in [0.4, 0.5) is 11.4 Å². The molecule has 134 valence electrons. The van der Waals surface area contributed by atoms with E-state index in [4.69, 9.17) is 4.84 Å². The molecule has 2 aliphatic heterocycles. The van der Waals surface area contributed by atoms with Gasteiger partial charge in [-0.25, -0.2) is 5.06 Å². The zero-order valence-corrected chi connectivity index (χ0v) is 16.2. The van der Waals surface area contributed by atoms with Crippen molar-refractivity contribution in [3.05, 3.63) is 101 Å². The fourth-order valence-corrected chi connectivity index (χ4v) is 4.03. The van der Waals surface area contributed by atoms with E-state index in [1.54, 1.807) is 0 Å². The van der Waals surface area contributed by atoms with E-state index in [-0.39, 0.29) is 12.0 Å². The van der Waals surface area contributed by atoms with E-state index in [2.05, 4.69) is 74.5 Å². The minimum absolute atomic E-state index is 0.0419. The Morgan fingerprint density at radius 2 is 1.67 bits per heavy atom. The number of hydrogen-bond acceptors (Lipinski definition) is 4. The Morgan fingerprint density at radius 3 is 2.41 bits per heavy atom. The summed E-state index contributed by atoms with van der Waals surface area (Å²) < 4.78 is 1.08. The molecule has 5 heteroatoms. The fraction of sp³-hybridized carbons (Fsp3) is 0.136. The van der Waals surface area contributed by atoms with Crippen LogP contribution >= 0.6 is 15.9 Å². The van der Waals surface area contributed by atoms with Gasteiger partial charge in [-0.3, -0.25) is 4.98 Å². The lowest BCUT2D eigenvalue weighted by molar-refractivity contribution is 0.213. The minimum Gasteiger partial charge on any atom is -0.381 e. The second-order valence-electron chi connectivity index (χ2n) is 6.72. The molecule has 2 aliphatic rings. The Bertz CT molecular complexity index is 960. The molecule has 2 aromatic carbocycles. The molecule has 3 heterocycles. The molecule has 0 bridgehead atoms. The van der Waals surface area contributed by atoms with Crippen molar-refractivity contribution < 1.29 is 4.84 Å². The predicted molar refractivity (Wildman–Crippen MR) is 110 cm³/mol. The second-order valence-corrected chi connectivity index (χ2v) is 7.63. The highest BCUT2D eigenvalue weighted by Crippen LogP contribution is 2.47. The molecular formula is C22H18BrN3O. The normalized spacial score (nSPS) is 21.0. The van der Waals surface area contributed by atoms with E-state index < -0.39 is 0 Å². The van der Waals surface area contributed by atoms with Crippen molar-refractivity contribution in [2.24, 2.45) is 5.92 Å². The summed E-state index contributed by atoms with van der Waals surface area (Å²) in [6, 6.07) is 24.7. The molecule has 0 aliphatic carbocycles. The first-order valence-corrected chi connectivity index (χ1v) is 9.76. The Balaban J connectivity index is 1.51.